The van der Waals surface area contributed by atoms with Gasteiger partial charge in [-0.3, -0.25) is 19.8 Å². The minimum Gasteiger partial charge on any atom is -0.368 e. The van der Waals surface area contributed by atoms with Crippen LogP contribution in [0.1, 0.15) is 29.0 Å². The molecule has 0 saturated carbocycles. The molecule has 3 heterocycles. The summed E-state index contributed by atoms with van der Waals surface area (Å²) in [6, 6.07) is 7.78. The molecule has 7 nitrogen and oxygen atoms in total. The summed E-state index contributed by atoms with van der Waals surface area (Å²) in [5, 5.41) is 6.45. The maximum Gasteiger partial charge on any atom is 0.255 e. The smallest absolute Gasteiger partial charge is 0.255 e. The van der Waals surface area contributed by atoms with E-state index < -0.39 is 0 Å². The monoisotopic (exact) mass is 400 g/mol. The lowest BCUT2D eigenvalue weighted by Crippen LogP contribution is -2.36. The number of carbonyl (C=O) groups excluding carboxylic acids is 2. The van der Waals surface area contributed by atoms with E-state index in [4.69, 9.17) is 4.74 Å². The molecule has 2 aliphatic heterocycles. The third-order valence-electron chi connectivity index (χ3n) is 4.93. The van der Waals surface area contributed by atoms with Crippen LogP contribution < -0.4 is 10.6 Å². The third-order valence-corrected chi connectivity index (χ3v) is 5.93. The van der Waals surface area contributed by atoms with Crippen molar-refractivity contribution in [2.24, 2.45) is 0 Å². The van der Waals surface area contributed by atoms with Gasteiger partial charge < -0.3 is 10.1 Å². The highest BCUT2D eigenvalue weighted by atomic mass is 32.1. The van der Waals surface area contributed by atoms with Gasteiger partial charge in [-0.05, 0) is 37.5 Å². The Kier molecular flexibility index (Phi) is 5.70. The van der Waals surface area contributed by atoms with Gasteiger partial charge in [0.15, 0.2) is 5.13 Å². The summed E-state index contributed by atoms with van der Waals surface area (Å²) in [6.07, 6.45) is 2.11. The number of fused-ring (bicyclic) bond motifs is 1. The molecule has 1 aromatic heterocycles. The Morgan fingerprint density at radius 3 is 3.04 bits per heavy atom. The first-order chi connectivity index (χ1) is 13.6. The maximum atomic E-state index is 12.4. The van der Waals surface area contributed by atoms with Gasteiger partial charge in [-0.2, -0.15) is 0 Å². The Morgan fingerprint density at radius 1 is 1.36 bits per heavy atom. The molecule has 2 aliphatic rings. The topological polar surface area (TPSA) is 83.6 Å². The fraction of sp³-hybridized carbons (Fsp3) is 0.450. The molecule has 1 unspecified atom stereocenters. The second-order valence-electron chi connectivity index (χ2n) is 7.26. The molecule has 1 atom stereocenters. The summed E-state index contributed by atoms with van der Waals surface area (Å²) in [4.78, 5) is 32.3. The number of hydrogen-bond acceptors (Lipinski definition) is 6. The molecule has 2 aromatic rings. The molecule has 1 fully saturated rings. The molecule has 0 radical (unpaired) electrons. The molecule has 0 aliphatic carbocycles. The van der Waals surface area contributed by atoms with Crippen molar-refractivity contribution in [3.63, 3.8) is 0 Å². The molecule has 148 valence electrons. The summed E-state index contributed by atoms with van der Waals surface area (Å²) in [5.74, 6) is -0.136. The molecule has 1 saturated heterocycles. The van der Waals surface area contributed by atoms with Crippen LogP contribution in [0.25, 0.3) is 0 Å². The number of hydrogen-bond donors (Lipinski definition) is 2. The van der Waals surface area contributed by atoms with Crippen molar-refractivity contribution in [3.05, 3.63) is 40.4 Å². The van der Waals surface area contributed by atoms with E-state index in [1.807, 2.05) is 31.2 Å². The number of nitrogens with zero attached hydrogens (tertiary/aromatic N) is 2. The number of benzene rings is 1. The summed E-state index contributed by atoms with van der Waals surface area (Å²) >= 11 is 1.49. The van der Waals surface area contributed by atoms with E-state index in [2.05, 4.69) is 20.5 Å². The van der Waals surface area contributed by atoms with Crippen LogP contribution in [0.2, 0.25) is 0 Å². The average Bonchev–Trinajstić information content (AvgIpc) is 3.30. The zero-order chi connectivity index (χ0) is 19.5. The lowest BCUT2D eigenvalue weighted by Gasteiger charge is -2.25. The van der Waals surface area contributed by atoms with Gasteiger partial charge >= 0.3 is 0 Å². The lowest BCUT2D eigenvalue weighted by molar-refractivity contribution is -0.124. The molecule has 0 bridgehead atoms. The highest BCUT2D eigenvalue weighted by Gasteiger charge is 2.26. The highest BCUT2D eigenvalue weighted by molar-refractivity contribution is 7.15. The van der Waals surface area contributed by atoms with Crippen molar-refractivity contribution in [1.82, 2.24) is 9.88 Å². The molecule has 1 aromatic carbocycles. The Labute approximate surface area is 168 Å². The number of carbonyl (C=O) groups is 2. The zero-order valence-corrected chi connectivity index (χ0v) is 16.7. The van der Waals surface area contributed by atoms with Gasteiger partial charge in [0.2, 0.25) is 5.91 Å². The first-order valence-corrected chi connectivity index (χ1v) is 10.4. The van der Waals surface area contributed by atoms with E-state index in [0.29, 0.717) is 24.8 Å². The van der Waals surface area contributed by atoms with Crippen LogP contribution in [0, 0.1) is 6.92 Å². The molecule has 2 N–H and O–H groups in total. The second-order valence-corrected chi connectivity index (χ2v) is 8.34. The summed E-state index contributed by atoms with van der Waals surface area (Å²) in [6.45, 7) is 4.43. The summed E-state index contributed by atoms with van der Waals surface area (Å²) in [7, 11) is 0. The molecular weight excluding hydrogens is 376 g/mol. The summed E-state index contributed by atoms with van der Waals surface area (Å²) < 4.78 is 5.42. The van der Waals surface area contributed by atoms with Gasteiger partial charge in [0.25, 0.3) is 5.91 Å². The minimum atomic E-state index is -0.359. The van der Waals surface area contributed by atoms with Crippen molar-refractivity contribution in [2.45, 2.75) is 38.8 Å². The van der Waals surface area contributed by atoms with Gasteiger partial charge in [-0.15, -0.1) is 11.3 Å². The lowest BCUT2D eigenvalue weighted by atomic mass is 10.2. The van der Waals surface area contributed by atoms with Gasteiger partial charge in [-0.1, -0.05) is 12.1 Å². The fourth-order valence-electron chi connectivity index (χ4n) is 3.53. The van der Waals surface area contributed by atoms with E-state index in [9.17, 15) is 9.59 Å². The highest BCUT2D eigenvalue weighted by Crippen LogP contribution is 2.29. The maximum absolute atomic E-state index is 12.4. The predicted molar refractivity (Wildman–Crippen MR) is 109 cm³/mol. The first-order valence-electron chi connectivity index (χ1n) is 9.57. The number of nitrogens with one attached hydrogen (secondary N) is 2. The minimum absolute atomic E-state index is 0.0227. The quantitative estimate of drug-likeness (QED) is 0.806. The average molecular weight is 401 g/mol. The SMILES string of the molecule is Cc1cccc(NC(=O)CN2CCc3nc(NC(=O)C4CCCO4)sc3C2)c1. The third kappa shape index (κ3) is 4.57. The molecule has 0 spiro atoms. The normalized spacial score (nSPS) is 19.2. The molecule has 28 heavy (non-hydrogen) atoms. The van der Waals surface area contributed by atoms with Crippen LogP contribution in [0.15, 0.2) is 24.3 Å². The first kappa shape index (κ1) is 19.0. The Hall–Kier alpha value is -2.29. The molecular formula is C20H24N4O3S. The van der Waals surface area contributed by atoms with Crippen LogP contribution in [-0.2, 0) is 27.3 Å². The van der Waals surface area contributed by atoms with E-state index in [0.717, 1.165) is 47.6 Å². The predicted octanol–water partition coefficient (Wildman–Crippen LogP) is 2.57. The number of amides is 2. The number of aromatic nitrogens is 1. The van der Waals surface area contributed by atoms with Crippen molar-refractivity contribution >= 4 is 34.0 Å². The van der Waals surface area contributed by atoms with Crippen molar-refractivity contribution < 1.29 is 14.3 Å². The van der Waals surface area contributed by atoms with E-state index in [1.165, 1.54) is 11.3 Å². The van der Waals surface area contributed by atoms with Crippen LogP contribution in [-0.4, -0.2) is 47.5 Å². The molecule has 2 amide bonds. The van der Waals surface area contributed by atoms with Crippen LogP contribution in [0.4, 0.5) is 10.8 Å². The van der Waals surface area contributed by atoms with Gasteiger partial charge in [-0.25, -0.2) is 4.98 Å². The standard InChI is InChI=1S/C20H24N4O3S/c1-13-4-2-5-14(10-13)21-18(25)12-24-8-7-15-17(11-24)28-20(22-15)23-19(26)16-6-3-9-27-16/h2,4-5,10,16H,3,6-9,11-12H2,1H3,(H,21,25)(H,22,23,26). The zero-order valence-electron chi connectivity index (χ0n) is 15.9. The van der Waals surface area contributed by atoms with Crippen molar-refractivity contribution in [1.29, 1.82) is 0 Å². The number of aryl methyl sites for hydroxylation is 1. The van der Waals surface area contributed by atoms with Crippen molar-refractivity contribution in [3.8, 4) is 0 Å². The van der Waals surface area contributed by atoms with E-state index in [-0.39, 0.29) is 17.9 Å². The Morgan fingerprint density at radius 2 is 2.25 bits per heavy atom. The van der Waals surface area contributed by atoms with Crippen LogP contribution >= 0.6 is 11.3 Å². The van der Waals surface area contributed by atoms with Crippen LogP contribution in [0.5, 0.6) is 0 Å². The second kappa shape index (κ2) is 8.38. The van der Waals surface area contributed by atoms with Gasteiger partial charge in [0.05, 0.1) is 12.2 Å². The van der Waals surface area contributed by atoms with E-state index in [1.54, 1.807) is 0 Å². The Bertz CT molecular complexity index is 876. The number of anilines is 2. The van der Waals surface area contributed by atoms with E-state index >= 15 is 0 Å². The fourth-order valence-corrected chi connectivity index (χ4v) is 4.59. The van der Waals surface area contributed by atoms with Crippen molar-refractivity contribution in [2.75, 3.05) is 30.3 Å². The number of thiazole rings is 1. The number of ether oxygens (including phenoxy) is 1. The number of rotatable bonds is 5. The summed E-state index contributed by atoms with van der Waals surface area (Å²) in [5.41, 5.74) is 2.95. The van der Waals surface area contributed by atoms with Gasteiger partial charge in [0, 0.05) is 36.7 Å². The largest absolute Gasteiger partial charge is 0.368 e. The molecule has 8 heteroatoms. The Balaban J connectivity index is 1.32. The van der Waals surface area contributed by atoms with Crippen LogP contribution in [0.3, 0.4) is 0 Å². The van der Waals surface area contributed by atoms with Gasteiger partial charge in [0.1, 0.15) is 6.10 Å². The molecule has 4 rings (SSSR count).